The molecule has 4 heterocycles. The zero-order chi connectivity index (χ0) is 45.9. The average molecular weight is 899 g/mol. The van der Waals surface area contributed by atoms with E-state index in [1.807, 2.05) is 79.7 Å². The Morgan fingerprint density at radius 3 is 1.95 bits per heavy atom. The van der Waals surface area contributed by atoms with E-state index < -0.39 is 23.3 Å². The third kappa shape index (κ3) is 11.2. The standard InChI is InChI=1S/C37H42F2N8O4.C14H14O/c1-3-35(26(2)48)47-36(49)46(25-42-47)30-7-5-28(6-8-30)43-16-18-44(19-17-43)29-9-11-31(12-10-29)50-21-32-14-15-37(51-32,22-45-24-40-23-41-45)33-13-4-27(38)20-34(33)39;1-3-7-13(8-4-1)11-15-12-14-9-5-2-6-10-14/h4-13,20,23-26,32,35,48H,3,14-19,21-22H2,1-2H3;1-10H,11-12H2/t26-,32+,35-,37-;/m0./s1. The Morgan fingerprint density at radius 1 is 0.788 bits per heavy atom. The van der Waals surface area contributed by atoms with Crippen LogP contribution in [0.2, 0.25) is 0 Å². The number of halogens is 2. The predicted octanol–water partition coefficient (Wildman–Crippen LogP) is 8.12. The molecule has 0 unspecified atom stereocenters. The van der Waals surface area contributed by atoms with E-state index in [4.69, 9.17) is 14.2 Å². The lowest BCUT2D eigenvalue weighted by Crippen LogP contribution is -2.46. The van der Waals surface area contributed by atoms with Crippen LogP contribution in [0.1, 0.15) is 55.8 Å². The van der Waals surface area contributed by atoms with Crippen LogP contribution in [0.4, 0.5) is 20.2 Å². The van der Waals surface area contributed by atoms with Crippen LogP contribution in [-0.4, -0.2) is 79.2 Å². The fourth-order valence-electron chi connectivity index (χ4n) is 8.65. The normalized spacial score (nSPS) is 18.1. The van der Waals surface area contributed by atoms with Crippen molar-refractivity contribution in [1.29, 1.82) is 0 Å². The molecule has 2 aliphatic rings. The third-order valence-electron chi connectivity index (χ3n) is 12.2. The maximum absolute atomic E-state index is 15.0. The lowest BCUT2D eigenvalue weighted by Gasteiger charge is -2.37. The second kappa shape index (κ2) is 21.5. The molecule has 0 spiro atoms. The number of hydrogen-bond donors (Lipinski definition) is 1. The van der Waals surface area contributed by atoms with Gasteiger partial charge in [-0.2, -0.15) is 10.2 Å². The second-order valence-electron chi connectivity index (χ2n) is 16.7. The second-order valence-corrected chi connectivity index (χ2v) is 16.7. The summed E-state index contributed by atoms with van der Waals surface area (Å²) in [6.07, 6.45) is 5.28. The SMILES string of the molecule is CC[C@@H]([C@H](C)O)n1ncn(-c2ccc(N3CCN(c4ccc(OC[C@H]5CC[C@](Cn6cncn6)(c6ccc(F)cc6F)O5)cc4)CC3)cc2)c1=O.c1ccc(COCc2ccccc2)cc1. The molecule has 0 saturated carbocycles. The number of aromatic nitrogens is 6. The van der Waals surface area contributed by atoms with Gasteiger partial charge in [0.25, 0.3) is 0 Å². The Morgan fingerprint density at radius 2 is 1.39 bits per heavy atom. The number of aliphatic hydroxyl groups excluding tert-OH is 1. The average Bonchev–Trinajstić information content (AvgIpc) is 4.11. The van der Waals surface area contributed by atoms with E-state index in [-0.39, 0.29) is 31.0 Å². The monoisotopic (exact) mass is 898 g/mol. The summed E-state index contributed by atoms with van der Waals surface area (Å²) >= 11 is 0. The highest BCUT2D eigenvalue weighted by Crippen LogP contribution is 2.42. The van der Waals surface area contributed by atoms with E-state index >= 15 is 0 Å². The molecule has 13 nitrogen and oxygen atoms in total. The van der Waals surface area contributed by atoms with E-state index in [1.165, 1.54) is 45.2 Å². The van der Waals surface area contributed by atoms with Crippen molar-refractivity contribution >= 4 is 11.4 Å². The molecule has 2 fully saturated rings. The van der Waals surface area contributed by atoms with Crippen LogP contribution in [0.3, 0.4) is 0 Å². The molecule has 0 amide bonds. The molecule has 9 rings (SSSR count). The van der Waals surface area contributed by atoms with Crippen LogP contribution in [0.25, 0.3) is 5.69 Å². The molecule has 344 valence electrons. The third-order valence-corrected chi connectivity index (χ3v) is 12.2. The first-order valence-electron chi connectivity index (χ1n) is 22.5. The van der Waals surface area contributed by atoms with Gasteiger partial charge in [0.15, 0.2) is 0 Å². The van der Waals surface area contributed by atoms with Gasteiger partial charge in [0.2, 0.25) is 0 Å². The minimum atomic E-state index is -1.02. The van der Waals surface area contributed by atoms with E-state index in [2.05, 4.69) is 61.4 Å². The topological polar surface area (TPSA) is 125 Å². The number of hydrogen-bond acceptors (Lipinski definition) is 10. The molecule has 0 aliphatic carbocycles. The minimum absolute atomic E-state index is 0.248. The molecule has 4 atom stereocenters. The van der Waals surface area contributed by atoms with Crippen LogP contribution in [-0.2, 0) is 34.8 Å². The summed E-state index contributed by atoms with van der Waals surface area (Å²) < 4.78 is 51.3. The van der Waals surface area contributed by atoms with Crippen molar-refractivity contribution in [3.63, 3.8) is 0 Å². The fourth-order valence-corrected chi connectivity index (χ4v) is 8.65. The van der Waals surface area contributed by atoms with E-state index in [1.54, 1.807) is 17.9 Å². The van der Waals surface area contributed by atoms with Gasteiger partial charge in [-0.25, -0.2) is 32.5 Å². The number of rotatable bonds is 16. The van der Waals surface area contributed by atoms with Crippen molar-refractivity contribution in [2.75, 3.05) is 42.6 Å². The molecule has 2 aromatic heterocycles. The molecule has 0 radical (unpaired) electrons. The maximum atomic E-state index is 15.0. The predicted molar refractivity (Wildman–Crippen MR) is 249 cm³/mol. The van der Waals surface area contributed by atoms with E-state index in [9.17, 15) is 18.7 Å². The van der Waals surface area contributed by atoms with Crippen LogP contribution in [0, 0.1) is 11.6 Å². The van der Waals surface area contributed by atoms with Crippen molar-refractivity contribution in [2.24, 2.45) is 0 Å². The van der Waals surface area contributed by atoms with Gasteiger partial charge < -0.3 is 29.1 Å². The molecule has 0 bridgehead atoms. The smallest absolute Gasteiger partial charge is 0.350 e. The van der Waals surface area contributed by atoms with Crippen molar-refractivity contribution in [2.45, 2.75) is 76.7 Å². The van der Waals surface area contributed by atoms with Crippen molar-refractivity contribution in [3.05, 3.63) is 185 Å². The number of ether oxygens (including phenoxy) is 3. The van der Waals surface area contributed by atoms with Gasteiger partial charge in [-0.15, -0.1) is 0 Å². The Hall–Kier alpha value is -6.68. The highest BCUT2D eigenvalue weighted by atomic mass is 19.1. The first-order chi connectivity index (χ1) is 32.2. The summed E-state index contributed by atoms with van der Waals surface area (Å²) in [5.41, 5.74) is 4.35. The number of anilines is 2. The molecule has 66 heavy (non-hydrogen) atoms. The van der Waals surface area contributed by atoms with Crippen molar-refractivity contribution in [3.8, 4) is 11.4 Å². The first-order valence-corrected chi connectivity index (χ1v) is 22.5. The highest BCUT2D eigenvalue weighted by molar-refractivity contribution is 5.55. The quantitative estimate of drug-likeness (QED) is 0.102. The summed E-state index contributed by atoms with van der Waals surface area (Å²) in [6, 6.07) is 39.6. The zero-order valence-corrected chi connectivity index (χ0v) is 37.3. The summed E-state index contributed by atoms with van der Waals surface area (Å²) in [4.78, 5) is 21.6. The Labute approximate surface area is 383 Å². The lowest BCUT2D eigenvalue weighted by atomic mass is 9.90. The van der Waals surface area contributed by atoms with Gasteiger partial charge in [-0.05, 0) is 91.9 Å². The molecular formula is C51H56F2N8O5. The van der Waals surface area contributed by atoms with Gasteiger partial charge in [0, 0.05) is 49.2 Å². The highest BCUT2D eigenvalue weighted by Gasteiger charge is 2.44. The molecule has 1 N–H and O–H groups in total. The maximum Gasteiger partial charge on any atom is 0.350 e. The number of benzene rings is 5. The number of piperazine rings is 1. The van der Waals surface area contributed by atoms with Crippen molar-refractivity contribution < 1.29 is 28.1 Å². The molecule has 2 saturated heterocycles. The van der Waals surface area contributed by atoms with Crippen LogP contribution in [0.5, 0.6) is 5.75 Å². The first kappa shape index (κ1) is 45.9. The minimum Gasteiger partial charge on any atom is -0.491 e. The van der Waals surface area contributed by atoms with E-state index in [0.29, 0.717) is 43.8 Å². The van der Waals surface area contributed by atoms with Crippen LogP contribution in [0.15, 0.2) is 151 Å². The zero-order valence-electron chi connectivity index (χ0n) is 37.3. The largest absolute Gasteiger partial charge is 0.491 e. The Kier molecular flexibility index (Phi) is 15.0. The number of nitrogens with zero attached hydrogens (tertiary/aromatic N) is 8. The summed E-state index contributed by atoms with van der Waals surface area (Å²) in [7, 11) is 0. The van der Waals surface area contributed by atoms with Crippen molar-refractivity contribution in [1.82, 2.24) is 29.1 Å². The molecule has 5 aromatic carbocycles. The summed E-state index contributed by atoms with van der Waals surface area (Å²) in [5.74, 6) is -0.575. The molecular weight excluding hydrogens is 843 g/mol. The van der Waals surface area contributed by atoms with Crippen LogP contribution < -0.4 is 20.2 Å². The molecule has 15 heteroatoms. The fraction of sp³-hybridized carbons (Fsp3) is 0.333. The van der Waals surface area contributed by atoms with Gasteiger partial charge >= 0.3 is 5.69 Å². The Balaban J connectivity index is 0.000000334. The van der Waals surface area contributed by atoms with Gasteiger partial charge in [-0.1, -0.05) is 73.7 Å². The van der Waals surface area contributed by atoms with Gasteiger partial charge in [0.1, 0.15) is 48.6 Å². The van der Waals surface area contributed by atoms with Gasteiger partial charge in [0.05, 0.1) is 43.7 Å². The lowest BCUT2D eigenvalue weighted by molar-refractivity contribution is -0.0734. The van der Waals surface area contributed by atoms with Gasteiger partial charge in [-0.3, -0.25) is 0 Å². The van der Waals surface area contributed by atoms with Crippen LogP contribution >= 0.6 is 0 Å². The summed E-state index contributed by atoms with van der Waals surface area (Å²) in [5, 5.41) is 18.5. The molecule has 7 aromatic rings. The van der Waals surface area contributed by atoms with E-state index in [0.717, 1.165) is 49.3 Å². The number of aliphatic hydroxyl groups is 1. The summed E-state index contributed by atoms with van der Waals surface area (Å²) in [6.45, 7) is 8.85. The Bertz CT molecular complexity index is 2580. The molecule has 2 aliphatic heterocycles.